The van der Waals surface area contributed by atoms with Gasteiger partial charge in [0.15, 0.2) is 0 Å². The lowest BCUT2D eigenvalue weighted by atomic mass is 10.1. The molecule has 0 saturated carbocycles. The predicted octanol–water partition coefficient (Wildman–Crippen LogP) is 1.79. The van der Waals surface area contributed by atoms with E-state index in [4.69, 9.17) is 4.74 Å². The van der Waals surface area contributed by atoms with Crippen molar-refractivity contribution < 1.29 is 14.3 Å². The van der Waals surface area contributed by atoms with Gasteiger partial charge in [-0.15, -0.1) is 0 Å². The Morgan fingerprint density at radius 1 is 1.24 bits per heavy atom. The maximum atomic E-state index is 11.7. The van der Waals surface area contributed by atoms with Gasteiger partial charge in [-0.1, -0.05) is 0 Å². The van der Waals surface area contributed by atoms with Crippen LogP contribution in [0.2, 0.25) is 0 Å². The quantitative estimate of drug-likeness (QED) is 0.625. The van der Waals surface area contributed by atoms with E-state index in [2.05, 4.69) is 5.32 Å². The molecule has 0 aliphatic carbocycles. The molecule has 0 aromatic heterocycles. The maximum Gasteiger partial charge on any atom is 0.292 e. The average molecular weight is 235 g/mol. The number of ether oxygens (including phenoxy) is 1. The van der Waals surface area contributed by atoms with E-state index in [-0.39, 0.29) is 6.04 Å². The first-order chi connectivity index (χ1) is 8.04. The van der Waals surface area contributed by atoms with Gasteiger partial charge in [-0.05, 0) is 45.0 Å². The minimum Gasteiger partial charge on any atom is -0.494 e. The Labute approximate surface area is 101 Å². The van der Waals surface area contributed by atoms with E-state index in [0.717, 1.165) is 0 Å². The Hall–Kier alpha value is -1.84. The number of rotatable bonds is 5. The van der Waals surface area contributed by atoms with Crippen LogP contribution in [0.4, 0.5) is 0 Å². The highest BCUT2D eigenvalue weighted by Gasteiger charge is 2.16. The van der Waals surface area contributed by atoms with Gasteiger partial charge in [0, 0.05) is 11.6 Å². The number of benzene rings is 1. The van der Waals surface area contributed by atoms with Crippen LogP contribution in [0.1, 0.15) is 31.1 Å². The topological polar surface area (TPSA) is 55.4 Å². The van der Waals surface area contributed by atoms with E-state index in [0.29, 0.717) is 17.9 Å². The van der Waals surface area contributed by atoms with Crippen LogP contribution in [0.5, 0.6) is 5.75 Å². The van der Waals surface area contributed by atoms with Crippen LogP contribution in [0, 0.1) is 0 Å². The number of carbonyl (C=O) groups is 2. The van der Waals surface area contributed by atoms with E-state index >= 15 is 0 Å². The van der Waals surface area contributed by atoms with Crippen molar-refractivity contribution in [2.45, 2.75) is 26.8 Å². The number of carbonyl (C=O) groups excluding carboxylic acids is 2. The monoisotopic (exact) mass is 235 g/mol. The van der Waals surface area contributed by atoms with E-state index in [1.807, 2.05) is 20.8 Å². The zero-order valence-electron chi connectivity index (χ0n) is 10.3. The second-order valence-corrected chi connectivity index (χ2v) is 3.91. The summed E-state index contributed by atoms with van der Waals surface area (Å²) >= 11 is 0. The van der Waals surface area contributed by atoms with Crippen molar-refractivity contribution in [3.05, 3.63) is 29.8 Å². The van der Waals surface area contributed by atoms with Gasteiger partial charge in [0.2, 0.25) is 5.78 Å². The van der Waals surface area contributed by atoms with Gasteiger partial charge >= 0.3 is 0 Å². The first-order valence-corrected chi connectivity index (χ1v) is 5.62. The second-order valence-electron chi connectivity index (χ2n) is 3.91. The Balaban J connectivity index is 2.72. The molecule has 1 aromatic rings. The smallest absolute Gasteiger partial charge is 0.292 e. The van der Waals surface area contributed by atoms with Crippen LogP contribution >= 0.6 is 0 Å². The molecule has 4 nitrogen and oxygen atoms in total. The molecule has 0 saturated heterocycles. The molecule has 0 heterocycles. The summed E-state index contributed by atoms with van der Waals surface area (Å²) in [5.74, 6) is -0.417. The lowest BCUT2D eigenvalue weighted by Gasteiger charge is -2.07. The highest BCUT2D eigenvalue weighted by atomic mass is 16.5. The fourth-order valence-corrected chi connectivity index (χ4v) is 1.33. The molecule has 0 fully saturated rings. The zero-order valence-corrected chi connectivity index (χ0v) is 10.3. The summed E-state index contributed by atoms with van der Waals surface area (Å²) in [5, 5.41) is 2.56. The molecule has 1 aromatic carbocycles. The lowest BCUT2D eigenvalue weighted by Crippen LogP contribution is -2.35. The summed E-state index contributed by atoms with van der Waals surface area (Å²) in [4.78, 5) is 23.2. The predicted molar refractivity (Wildman–Crippen MR) is 65.2 cm³/mol. The largest absolute Gasteiger partial charge is 0.494 e. The van der Waals surface area contributed by atoms with Crippen molar-refractivity contribution in [2.75, 3.05) is 6.61 Å². The molecule has 1 N–H and O–H groups in total. The number of hydrogen-bond donors (Lipinski definition) is 1. The van der Waals surface area contributed by atoms with Crippen LogP contribution in [-0.2, 0) is 4.79 Å². The maximum absolute atomic E-state index is 11.7. The van der Waals surface area contributed by atoms with Crippen LogP contribution in [-0.4, -0.2) is 24.3 Å². The third-order valence-corrected chi connectivity index (χ3v) is 2.05. The Morgan fingerprint density at radius 3 is 2.29 bits per heavy atom. The number of Topliss-reactive ketones (excluding diaryl/α,β-unsaturated/α-hetero) is 1. The number of amides is 1. The Bertz CT molecular complexity index is 396. The van der Waals surface area contributed by atoms with E-state index in [1.54, 1.807) is 24.3 Å². The highest BCUT2D eigenvalue weighted by molar-refractivity contribution is 6.42. The van der Waals surface area contributed by atoms with Gasteiger partial charge in [-0.2, -0.15) is 0 Å². The SMILES string of the molecule is CCOc1ccc(C(=O)C(=O)NC(C)C)cc1. The lowest BCUT2D eigenvalue weighted by molar-refractivity contribution is -0.117. The second kappa shape index (κ2) is 6.03. The van der Waals surface area contributed by atoms with Gasteiger partial charge in [-0.25, -0.2) is 0 Å². The summed E-state index contributed by atoms with van der Waals surface area (Å²) in [6.07, 6.45) is 0. The molecular formula is C13H17NO3. The van der Waals surface area contributed by atoms with E-state index in [9.17, 15) is 9.59 Å². The van der Waals surface area contributed by atoms with Crippen LogP contribution in [0.15, 0.2) is 24.3 Å². The molecule has 0 bridgehead atoms. The van der Waals surface area contributed by atoms with E-state index < -0.39 is 11.7 Å². The van der Waals surface area contributed by atoms with Crippen LogP contribution in [0.25, 0.3) is 0 Å². The molecule has 0 radical (unpaired) electrons. The van der Waals surface area contributed by atoms with Crippen LogP contribution < -0.4 is 10.1 Å². The summed E-state index contributed by atoms with van der Waals surface area (Å²) in [7, 11) is 0. The summed E-state index contributed by atoms with van der Waals surface area (Å²) in [6.45, 7) is 6.07. The highest BCUT2D eigenvalue weighted by Crippen LogP contribution is 2.12. The number of nitrogens with one attached hydrogen (secondary N) is 1. The third kappa shape index (κ3) is 3.90. The zero-order chi connectivity index (χ0) is 12.8. The first-order valence-electron chi connectivity index (χ1n) is 5.62. The molecule has 1 rings (SSSR count). The number of hydrogen-bond acceptors (Lipinski definition) is 3. The minimum absolute atomic E-state index is 0.0471. The Morgan fingerprint density at radius 2 is 1.82 bits per heavy atom. The fraction of sp³-hybridized carbons (Fsp3) is 0.385. The molecular weight excluding hydrogens is 218 g/mol. The molecule has 0 aliphatic heterocycles. The summed E-state index contributed by atoms with van der Waals surface area (Å²) < 4.78 is 5.25. The average Bonchev–Trinajstić information content (AvgIpc) is 2.28. The molecule has 0 spiro atoms. The van der Waals surface area contributed by atoms with Gasteiger partial charge in [0.25, 0.3) is 5.91 Å². The molecule has 1 amide bonds. The van der Waals surface area contributed by atoms with Crippen molar-refractivity contribution in [2.24, 2.45) is 0 Å². The summed E-state index contributed by atoms with van der Waals surface area (Å²) in [6, 6.07) is 6.49. The standard InChI is InChI=1S/C13H17NO3/c1-4-17-11-7-5-10(6-8-11)12(15)13(16)14-9(2)3/h5-9H,4H2,1-3H3,(H,14,16). The van der Waals surface area contributed by atoms with Crippen molar-refractivity contribution in [1.29, 1.82) is 0 Å². The molecule has 0 aliphatic rings. The van der Waals surface area contributed by atoms with Gasteiger partial charge in [0.1, 0.15) is 5.75 Å². The molecule has 0 atom stereocenters. The van der Waals surface area contributed by atoms with E-state index in [1.165, 1.54) is 0 Å². The normalized spacial score (nSPS) is 10.1. The first kappa shape index (κ1) is 13.2. The van der Waals surface area contributed by atoms with Gasteiger partial charge in [0.05, 0.1) is 6.61 Å². The Kier molecular flexibility index (Phi) is 4.69. The molecule has 4 heteroatoms. The number of ketones is 1. The van der Waals surface area contributed by atoms with Crippen molar-refractivity contribution in [3.8, 4) is 5.75 Å². The third-order valence-electron chi connectivity index (χ3n) is 2.05. The fourth-order valence-electron chi connectivity index (χ4n) is 1.33. The van der Waals surface area contributed by atoms with Crippen LogP contribution in [0.3, 0.4) is 0 Å². The summed E-state index contributed by atoms with van der Waals surface area (Å²) in [5.41, 5.74) is 0.367. The van der Waals surface area contributed by atoms with Crippen molar-refractivity contribution >= 4 is 11.7 Å². The van der Waals surface area contributed by atoms with Crippen molar-refractivity contribution in [1.82, 2.24) is 5.32 Å². The minimum atomic E-state index is -0.579. The van der Waals surface area contributed by atoms with Gasteiger partial charge < -0.3 is 10.1 Å². The van der Waals surface area contributed by atoms with Crippen molar-refractivity contribution in [3.63, 3.8) is 0 Å². The van der Waals surface area contributed by atoms with Gasteiger partial charge in [-0.3, -0.25) is 9.59 Å². The molecule has 92 valence electrons. The molecule has 0 unspecified atom stereocenters. The molecule has 17 heavy (non-hydrogen) atoms.